The third-order valence-corrected chi connectivity index (χ3v) is 10.6. The lowest BCUT2D eigenvalue weighted by atomic mass is 9.61. The maximum absolute atomic E-state index is 13.1. The van der Waals surface area contributed by atoms with Gasteiger partial charge < -0.3 is 14.9 Å². The molecule has 1 aliphatic heterocycles. The van der Waals surface area contributed by atoms with Gasteiger partial charge in [-0.3, -0.25) is 9.35 Å². The monoisotopic (exact) mass is 696 g/mol. The summed E-state index contributed by atoms with van der Waals surface area (Å²) < 4.78 is 42.4. The van der Waals surface area contributed by atoms with Crippen LogP contribution in [0, 0.1) is 10.8 Å². The van der Waals surface area contributed by atoms with Crippen LogP contribution in [-0.2, 0) is 24.1 Å². The van der Waals surface area contributed by atoms with Crippen molar-refractivity contribution in [2.45, 2.75) is 130 Å². The topological polar surface area (TPSA) is 134 Å². The number of hydrogen-bond donors (Lipinski definition) is 3. The minimum absolute atomic E-state index is 0.0257. The third-order valence-electron chi connectivity index (χ3n) is 10.1. The van der Waals surface area contributed by atoms with Crippen LogP contribution < -0.4 is 0 Å². The van der Waals surface area contributed by atoms with Gasteiger partial charge in [-0.15, -0.1) is 5.73 Å². The van der Waals surface area contributed by atoms with Crippen LogP contribution in [0.15, 0.2) is 100 Å². The third kappa shape index (κ3) is 10.6. The highest BCUT2D eigenvalue weighted by Crippen LogP contribution is 2.67. The molecule has 1 heterocycles. The van der Waals surface area contributed by atoms with Crippen LogP contribution in [0.2, 0.25) is 0 Å². The average Bonchev–Trinajstić information content (AvgIpc) is 3.53. The highest BCUT2D eigenvalue weighted by Gasteiger charge is 2.76. The lowest BCUT2D eigenvalue weighted by molar-refractivity contribution is -0.118. The number of allylic oxidation sites excluding steroid dienone is 14. The molecule has 0 aromatic carbocycles. The maximum atomic E-state index is 13.1. The predicted molar refractivity (Wildman–Crippen MR) is 195 cm³/mol. The van der Waals surface area contributed by atoms with Crippen LogP contribution in [0.5, 0.6) is 0 Å². The molecular formula is C40H56O8S. The van der Waals surface area contributed by atoms with Crippen molar-refractivity contribution in [3.05, 3.63) is 100 Å². The average molecular weight is 697 g/mol. The number of hydrogen-bond acceptors (Lipinski definition) is 7. The molecule has 8 nitrogen and oxygen atoms in total. The molecule has 1 saturated heterocycles. The van der Waals surface area contributed by atoms with E-state index in [0.29, 0.717) is 36.8 Å². The van der Waals surface area contributed by atoms with Crippen molar-refractivity contribution in [2.75, 3.05) is 0 Å². The first kappa shape index (κ1) is 40.5. The van der Waals surface area contributed by atoms with Gasteiger partial charge in [0.2, 0.25) is 0 Å². The lowest BCUT2D eigenvalue weighted by Gasteiger charge is -2.44. The number of aliphatic hydroxyl groups is 2. The van der Waals surface area contributed by atoms with Crippen LogP contribution in [0.1, 0.15) is 101 Å². The van der Waals surface area contributed by atoms with Gasteiger partial charge in [0.15, 0.2) is 5.78 Å². The molecule has 0 amide bonds. The van der Waals surface area contributed by atoms with Crippen molar-refractivity contribution < 1.29 is 36.9 Å². The van der Waals surface area contributed by atoms with Gasteiger partial charge in [-0.25, -0.2) is 4.18 Å². The Hall–Kier alpha value is -2.88. The fourth-order valence-corrected chi connectivity index (χ4v) is 8.16. The second kappa shape index (κ2) is 15.2. The van der Waals surface area contributed by atoms with Gasteiger partial charge in [0.05, 0.1) is 23.4 Å². The van der Waals surface area contributed by atoms with Crippen molar-refractivity contribution in [1.29, 1.82) is 0 Å². The number of carbonyl (C=O) groups is 1. The smallest absolute Gasteiger partial charge is 0.393 e. The zero-order chi connectivity index (χ0) is 37.1. The number of fused-ring (bicyclic) bond motifs is 1. The maximum Gasteiger partial charge on any atom is 0.397 e. The van der Waals surface area contributed by atoms with Crippen molar-refractivity contribution in [3.63, 3.8) is 0 Å². The summed E-state index contributed by atoms with van der Waals surface area (Å²) >= 11 is 0. The Balaban J connectivity index is 1.55. The molecule has 0 aromatic rings. The van der Waals surface area contributed by atoms with Crippen LogP contribution in [-0.4, -0.2) is 58.0 Å². The Labute approximate surface area is 294 Å². The van der Waals surface area contributed by atoms with Crippen LogP contribution >= 0.6 is 0 Å². The molecular weight excluding hydrogens is 640 g/mol. The van der Waals surface area contributed by atoms with Gasteiger partial charge in [0, 0.05) is 24.8 Å². The van der Waals surface area contributed by atoms with Gasteiger partial charge in [-0.05, 0) is 82.4 Å². The Morgan fingerprint density at radius 1 is 0.857 bits per heavy atom. The Morgan fingerprint density at radius 2 is 1.41 bits per heavy atom. The Bertz CT molecular complexity index is 1650. The zero-order valence-electron chi connectivity index (χ0n) is 30.8. The summed E-state index contributed by atoms with van der Waals surface area (Å²) in [5, 5.41) is 21.3. The molecule has 3 aliphatic rings. The molecule has 0 aromatic heterocycles. The molecule has 2 saturated carbocycles. The highest BCUT2D eigenvalue weighted by atomic mass is 32.3. The Kier molecular flexibility index (Phi) is 12.5. The molecule has 3 N–H and O–H groups in total. The molecule has 49 heavy (non-hydrogen) atoms. The van der Waals surface area contributed by atoms with Crippen LogP contribution in [0.3, 0.4) is 0 Å². The largest absolute Gasteiger partial charge is 0.397 e. The van der Waals surface area contributed by atoms with E-state index in [9.17, 15) is 23.4 Å². The molecule has 2 aliphatic carbocycles. The first-order valence-electron chi connectivity index (χ1n) is 16.9. The lowest BCUT2D eigenvalue weighted by Crippen LogP contribution is -2.48. The molecule has 0 spiro atoms. The molecule has 5 atom stereocenters. The number of carbonyl (C=O) groups excluding carboxylic acids is 1. The minimum Gasteiger partial charge on any atom is -0.393 e. The van der Waals surface area contributed by atoms with Gasteiger partial charge in [-0.2, -0.15) is 8.42 Å². The van der Waals surface area contributed by atoms with Crippen molar-refractivity contribution in [1.82, 2.24) is 0 Å². The second-order valence-electron chi connectivity index (χ2n) is 15.8. The number of epoxide rings is 1. The van der Waals surface area contributed by atoms with Crippen LogP contribution in [0.25, 0.3) is 0 Å². The standard InChI is InChI=1S/C40H56O8S/c1-28(17-13-18-30(3)21-22-35-36(5,6)25-33(26-38(35,9)43)47-49(44,45)46)15-11-12-16-29(2)19-14-20-31(4)34(42)27-40-37(7,8)23-32(41)24-39(40,10)48-40/h11-21,32-33,41,43H,23-27H2,1-10H3,(H,44,45,46)/b12-11+,17-13+,19-14+,28-15+,29-16+,30-18+,31-20+/t22?,32-,33-,38+,39+,40-/m0/s1. The SMILES string of the molecule is C\C(C=C=C1C(C)(C)C[C@H](OS(=O)(=O)O)C[C@@]1(C)O)=C/C=C/C(C)=C/C=C/C=C(C)/C=C/C=C(\C)C(=O)C[C@@]12O[C@]1(C)C[C@@H](O)CC2(C)C. The zero-order valence-corrected chi connectivity index (χ0v) is 31.6. The summed E-state index contributed by atoms with van der Waals surface area (Å²) in [7, 11) is -4.61. The summed E-state index contributed by atoms with van der Waals surface area (Å²) in [5.74, 6) is 0.0668. The van der Waals surface area contributed by atoms with Gasteiger partial charge >= 0.3 is 10.4 Å². The predicted octanol–water partition coefficient (Wildman–Crippen LogP) is 7.95. The van der Waals surface area contributed by atoms with Crippen molar-refractivity contribution in [2.24, 2.45) is 10.8 Å². The van der Waals surface area contributed by atoms with Crippen molar-refractivity contribution in [3.8, 4) is 0 Å². The number of rotatable bonds is 12. The van der Waals surface area contributed by atoms with E-state index in [0.717, 1.165) is 16.7 Å². The second-order valence-corrected chi connectivity index (χ2v) is 16.8. The van der Waals surface area contributed by atoms with Gasteiger partial charge in [0.25, 0.3) is 0 Å². The fraction of sp³-hybridized carbons (Fsp3) is 0.550. The number of ketones is 1. The van der Waals surface area contributed by atoms with Gasteiger partial charge in [0.1, 0.15) is 5.60 Å². The molecule has 0 unspecified atom stereocenters. The van der Waals surface area contributed by atoms with E-state index < -0.39 is 44.8 Å². The van der Waals surface area contributed by atoms with Gasteiger partial charge in [-0.1, -0.05) is 99.6 Å². The van der Waals surface area contributed by atoms with Crippen molar-refractivity contribution >= 4 is 16.2 Å². The number of aliphatic hydroxyl groups excluding tert-OH is 1. The quantitative estimate of drug-likeness (QED) is 0.0616. The summed E-state index contributed by atoms with van der Waals surface area (Å²) in [4.78, 5) is 13.1. The van der Waals surface area contributed by atoms with E-state index in [1.807, 2.05) is 109 Å². The summed E-state index contributed by atoms with van der Waals surface area (Å²) in [6.07, 6.45) is 21.9. The van der Waals surface area contributed by atoms with Crippen LogP contribution in [0.4, 0.5) is 0 Å². The molecule has 270 valence electrons. The molecule has 9 heteroatoms. The van der Waals surface area contributed by atoms with E-state index in [-0.39, 0.29) is 17.6 Å². The first-order chi connectivity index (χ1) is 22.4. The summed E-state index contributed by atoms with van der Waals surface area (Å²) in [6.45, 7) is 19.3. The molecule has 3 fully saturated rings. The fourth-order valence-electron chi connectivity index (χ4n) is 7.68. The molecule has 0 bridgehead atoms. The first-order valence-corrected chi connectivity index (χ1v) is 18.3. The summed E-state index contributed by atoms with van der Waals surface area (Å²) in [5.41, 5.74) is 4.38. The number of ether oxygens (including phenoxy) is 1. The summed E-state index contributed by atoms with van der Waals surface area (Å²) in [6, 6.07) is 0. The normalized spacial score (nSPS) is 32.5. The highest BCUT2D eigenvalue weighted by molar-refractivity contribution is 7.80. The van der Waals surface area contributed by atoms with E-state index >= 15 is 0 Å². The molecule has 3 rings (SSSR count). The number of Topliss-reactive ketones (excluding diaryl/α,β-unsaturated/α-hetero) is 1. The molecule has 0 radical (unpaired) electrons. The minimum atomic E-state index is -4.61. The van der Waals surface area contributed by atoms with E-state index in [4.69, 9.17) is 13.5 Å². The van der Waals surface area contributed by atoms with E-state index in [1.165, 1.54) is 0 Å². The van der Waals surface area contributed by atoms with E-state index in [2.05, 4.69) is 19.6 Å². The Morgan fingerprint density at radius 3 is 1.94 bits per heavy atom. The van der Waals surface area contributed by atoms with E-state index in [1.54, 1.807) is 13.0 Å².